The van der Waals surface area contributed by atoms with Crippen LogP contribution in [0.5, 0.6) is 0 Å². The van der Waals surface area contributed by atoms with Crippen LogP contribution in [-0.2, 0) is 7.05 Å². The molecule has 1 atom stereocenters. The number of benzene rings is 1. The predicted octanol–water partition coefficient (Wildman–Crippen LogP) is 2.20. The summed E-state index contributed by atoms with van der Waals surface area (Å²) in [6.45, 7) is 4.50. The van der Waals surface area contributed by atoms with E-state index in [2.05, 4.69) is 39.5 Å². The molecule has 0 radical (unpaired) electrons. The lowest BCUT2D eigenvalue weighted by molar-refractivity contribution is 0.125. The smallest absolute Gasteiger partial charge is 0.319 e. The highest BCUT2D eigenvalue weighted by atomic mass is 16.2. The zero-order valence-corrected chi connectivity index (χ0v) is 15.8. The molecule has 1 aromatic carbocycles. The molecule has 1 aliphatic heterocycles. The zero-order chi connectivity index (χ0) is 19.0. The van der Waals surface area contributed by atoms with Crippen molar-refractivity contribution in [2.75, 3.05) is 32.0 Å². The molecule has 0 spiro atoms. The predicted molar refractivity (Wildman–Crippen MR) is 104 cm³/mol. The second-order valence-electron chi connectivity index (χ2n) is 7.14. The standard InChI is InChI=1S/C19H23N7O/c1-13-11-24(2)6-7-26(13)19(27)21-18-9-15-8-14(4-5-17(15)22-23-18)16-10-20-25(3)12-16/h4-5,8-10,12-13H,6-7,11H2,1-3H3,(H,21,23,27). The minimum atomic E-state index is -0.132. The van der Waals surface area contributed by atoms with Gasteiger partial charge >= 0.3 is 6.03 Å². The molecule has 3 aromatic rings. The number of urea groups is 1. The molecule has 4 rings (SSSR count). The highest BCUT2D eigenvalue weighted by molar-refractivity contribution is 5.92. The molecule has 8 heteroatoms. The van der Waals surface area contributed by atoms with Crippen molar-refractivity contribution in [3.63, 3.8) is 0 Å². The highest BCUT2D eigenvalue weighted by Crippen LogP contribution is 2.24. The maximum Gasteiger partial charge on any atom is 0.323 e. The van der Waals surface area contributed by atoms with Crippen LogP contribution < -0.4 is 5.32 Å². The quantitative estimate of drug-likeness (QED) is 0.753. The molecule has 0 saturated carbocycles. The van der Waals surface area contributed by atoms with E-state index in [1.54, 1.807) is 4.68 Å². The van der Waals surface area contributed by atoms with E-state index in [0.29, 0.717) is 12.4 Å². The molecular formula is C19H23N7O. The lowest BCUT2D eigenvalue weighted by atomic mass is 10.1. The Labute approximate surface area is 157 Å². The lowest BCUT2D eigenvalue weighted by Crippen LogP contribution is -2.54. The van der Waals surface area contributed by atoms with Gasteiger partial charge in [-0.1, -0.05) is 6.07 Å². The van der Waals surface area contributed by atoms with E-state index in [0.717, 1.165) is 35.1 Å². The van der Waals surface area contributed by atoms with Gasteiger partial charge in [-0.3, -0.25) is 10.00 Å². The molecule has 2 aromatic heterocycles. The molecule has 8 nitrogen and oxygen atoms in total. The Kier molecular flexibility index (Phi) is 4.49. The fraction of sp³-hybridized carbons (Fsp3) is 0.368. The average Bonchev–Trinajstić information content (AvgIpc) is 3.07. The van der Waals surface area contributed by atoms with Gasteiger partial charge in [0.25, 0.3) is 0 Å². The van der Waals surface area contributed by atoms with E-state index in [1.807, 2.05) is 48.6 Å². The zero-order valence-electron chi connectivity index (χ0n) is 15.8. The van der Waals surface area contributed by atoms with E-state index < -0.39 is 0 Å². The Balaban J connectivity index is 1.56. The number of nitrogens with one attached hydrogen (secondary N) is 1. The third-order valence-corrected chi connectivity index (χ3v) is 4.95. The summed E-state index contributed by atoms with van der Waals surface area (Å²) in [5.74, 6) is 0.460. The molecule has 1 saturated heterocycles. The summed E-state index contributed by atoms with van der Waals surface area (Å²) in [6.07, 6.45) is 3.79. The van der Waals surface area contributed by atoms with Gasteiger partial charge in [0.2, 0.25) is 0 Å². The van der Waals surface area contributed by atoms with Gasteiger partial charge in [0.1, 0.15) is 0 Å². The first-order valence-electron chi connectivity index (χ1n) is 9.02. The van der Waals surface area contributed by atoms with Crippen molar-refractivity contribution in [1.82, 2.24) is 29.8 Å². The van der Waals surface area contributed by atoms with Crippen molar-refractivity contribution in [3.8, 4) is 11.1 Å². The number of piperazine rings is 1. The molecule has 140 valence electrons. The van der Waals surface area contributed by atoms with Crippen LogP contribution >= 0.6 is 0 Å². The number of fused-ring (bicyclic) bond motifs is 1. The van der Waals surface area contributed by atoms with Crippen molar-refractivity contribution < 1.29 is 4.79 Å². The second kappa shape index (κ2) is 6.96. The molecule has 3 heterocycles. The first-order chi connectivity index (χ1) is 13.0. The Bertz CT molecular complexity index is 983. The Morgan fingerprint density at radius 1 is 1.15 bits per heavy atom. The number of amides is 2. The fourth-order valence-electron chi connectivity index (χ4n) is 3.48. The van der Waals surface area contributed by atoms with Crippen molar-refractivity contribution in [2.45, 2.75) is 13.0 Å². The number of hydrogen-bond donors (Lipinski definition) is 1. The first-order valence-corrected chi connectivity index (χ1v) is 9.02. The number of hydrogen-bond acceptors (Lipinski definition) is 5. The minimum absolute atomic E-state index is 0.132. The van der Waals surface area contributed by atoms with Crippen molar-refractivity contribution in [3.05, 3.63) is 36.7 Å². The maximum atomic E-state index is 12.6. The van der Waals surface area contributed by atoms with E-state index in [-0.39, 0.29) is 12.1 Å². The van der Waals surface area contributed by atoms with Crippen molar-refractivity contribution in [1.29, 1.82) is 0 Å². The van der Waals surface area contributed by atoms with Gasteiger partial charge in [0.05, 0.1) is 11.7 Å². The Hall–Kier alpha value is -3.00. The number of carbonyl (C=O) groups is 1. The summed E-state index contributed by atoms with van der Waals surface area (Å²) < 4.78 is 1.77. The molecule has 1 N–H and O–H groups in total. The van der Waals surface area contributed by atoms with Crippen LogP contribution in [0.25, 0.3) is 22.0 Å². The molecular weight excluding hydrogens is 342 g/mol. The summed E-state index contributed by atoms with van der Waals surface area (Å²) in [5, 5.41) is 16.4. The highest BCUT2D eigenvalue weighted by Gasteiger charge is 2.26. The first kappa shape index (κ1) is 17.4. The van der Waals surface area contributed by atoms with Gasteiger partial charge in [-0.05, 0) is 37.7 Å². The third kappa shape index (κ3) is 3.61. The monoisotopic (exact) mass is 365 g/mol. The number of aromatic nitrogens is 4. The molecule has 0 bridgehead atoms. The van der Waals surface area contributed by atoms with Crippen molar-refractivity contribution in [2.24, 2.45) is 7.05 Å². The molecule has 1 aliphatic rings. The van der Waals surface area contributed by atoms with E-state index in [9.17, 15) is 4.79 Å². The van der Waals surface area contributed by atoms with Gasteiger partial charge < -0.3 is 9.80 Å². The Morgan fingerprint density at radius 3 is 2.74 bits per heavy atom. The summed E-state index contributed by atoms with van der Waals surface area (Å²) in [4.78, 5) is 16.7. The van der Waals surface area contributed by atoms with Crippen LogP contribution in [0, 0.1) is 0 Å². The maximum absolute atomic E-state index is 12.6. The normalized spacial score (nSPS) is 18.0. The van der Waals surface area contributed by atoms with Gasteiger partial charge in [-0.15, -0.1) is 10.2 Å². The lowest BCUT2D eigenvalue weighted by Gasteiger charge is -2.37. The molecule has 1 fully saturated rings. The molecule has 0 aliphatic carbocycles. The van der Waals surface area contributed by atoms with Crippen LogP contribution in [-0.4, -0.2) is 68.5 Å². The SMILES string of the molecule is CC1CN(C)CCN1C(=O)Nc1cc2cc(-c3cnn(C)c3)ccc2nn1. The number of anilines is 1. The summed E-state index contributed by atoms with van der Waals surface area (Å²) in [6, 6.07) is 7.86. The number of aryl methyl sites for hydroxylation is 1. The van der Waals surface area contributed by atoms with Crippen LogP contribution in [0.2, 0.25) is 0 Å². The Morgan fingerprint density at radius 2 is 2.00 bits per heavy atom. The summed E-state index contributed by atoms with van der Waals surface area (Å²) in [7, 11) is 3.96. The van der Waals surface area contributed by atoms with Crippen LogP contribution in [0.15, 0.2) is 36.7 Å². The second-order valence-corrected chi connectivity index (χ2v) is 7.14. The number of likely N-dealkylation sites (N-methyl/N-ethyl adjacent to an activating group) is 1. The largest absolute Gasteiger partial charge is 0.323 e. The van der Waals surface area contributed by atoms with Gasteiger partial charge in [-0.25, -0.2) is 4.79 Å². The summed E-state index contributed by atoms with van der Waals surface area (Å²) in [5.41, 5.74) is 2.87. The van der Waals surface area contributed by atoms with Gasteiger partial charge in [0, 0.05) is 49.9 Å². The van der Waals surface area contributed by atoms with E-state index in [4.69, 9.17) is 0 Å². The fourth-order valence-corrected chi connectivity index (χ4v) is 3.48. The van der Waals surface area contributed by atoms with Gasteiger partial charge in [-0.2, -0.15) is 5.10 Å². The number of nitrogens with zero attached hydrogens (tertiary/aromatic N) is 6. The molecule has 2 amide bonds. The topological polar surface area (TPSA) is 79.2 Å². The summed E-state index contributed by atoms with van der Waals surface area (Å²) >= 11 is 0. The van der Waals surface area contributed by atoms with Gasteiger partial charge in [0.15, 0.2) is 5.82 Å². The van der Waals surface area contributed by atoms with Crippen molar-refractivity contribution >= 4 is 22.8 Å². The molecule has 27 heavy (non-hydrogen) atoms. The van der Waals surface area contributed by atoms with Crippen LogP contribution in [0.4, 0.5) is 10.6 Å². The average molecular weight is 365 g/mol. The van der Waals surface area contributed by atoms with E-state index >= 15 is 0 Å². The third-order valence-electron chi connectivity index (χ3n) is 4.95. The van der Waals surface area contributed by atoms with E-state index in [1.165, 1.54) is 0 Å². The van der Waals surface area contributed by atoms with Crippen LogP contribution in [0.1, 0.15) is 6.92 Å². The minimum Gasteiger partial charge on any atom is -0.319 e. The molecule has 1 unspecified atom stereocenters. The van der Waals surface area contributed by atoms with Crippen LogP contribution in [0.3, 0.4) is 0 Å². The number of rotatable bonds is 2. The number of carbonyl (C=O) groups excluding carboxylic acids is 1.